The van der Waals surface area contributed by atoms with Gasteiger partial charge >= 0.3 is 0 Å². The van der Waals surface area contributed by atoms with Gasteiger partial charge in [0.05, 0.1) is 6.17 Å². The maximum atomic E-state index is 8.97. The molecule has 3 nitrogen and oxygen atoms in total. The van der Waals surface area contributed by atoms with Gasteiger partial charge in [-0.25, -0.2) is 0 Å². The second kappa shape index (κ2) is 4.73. The number of aliphatic hydroxyl groups excluding tert-OH is 1. The topological polar surface area (TPSA) is 58.3 Å². The van der Waals surface area contributed by atoms with Crippen LogP contribution in [0.4, 0.5) is 0 Å². The fourth-order valence-corrected chi connectivity index (χ4v) is 0.483. The Labute approximate surface area is 56.2 Å². The Morgan fingerprint density at radius 2 is 2.00 bits per heavy atom. The molecule has 0 amide bonds. The molecular formula is C6H16N2O. The maximum absolute atomic E-state index is 8.97. The van der Waals surface area contributed by atoms with Gasteiger partial charge in [-0.15, -0.1) is 0 Å². The van der Waals surface area contributed by atoms with Gasteiger partial charge in [0, 0.05) is 0 Å². The number of hydrogen-bond acceptors (Lipinski definition) is 3. The Balaban J connectivity index is 3.22. The molecule has 0 aliphatic carbocycles. The highest BCUT2D eigenvalue weighted by Gasteiger charge is 2.02. The molecule has 0 rings (SSSR count). The lowest BCUT2D eigenvalue weighted by Gasteiger charge is -2.15. The summed E-state index contributed by atoms with van der Waals surface area (Å²) in [5.74, 6) is 0. The van der Waals surface area contributed by atoms with E-state index in [-0.39, 0.29) is 6.17 Å². The van der Waals surface area contributed by atoms with E-state index >= 15 is 0 Å². The van der Waals surface area contributed by atoms with E-state index in [2.05, 4.69) is 5.32 Å². The maximum Gasteiger partial charge on any atom is 0.105 e. The first-order valence-electron chi connectivity index (χ1n) is 3.40. The largest absolute Gasteiger partial charge is 0.379 e. The molecule has 4 N–H and O–H groups in total. The smallest absolute Gasteiger partial charge is 0.105 e. The first-order valence-corrected chi connectivity index (χ1v) is 3.40. The molecule has 0 aliphatic rings. The fraction of sp³-hybridized carbons (Fsp3) is 1.00. The zero-order chi connectivity index (χ0) is 7.28. The summed E-state index contributed by atoms with van der Waals surface area (Å²) in [5.41, 5.74) is 5.48. The van der Waals surface area contributed by atoms with Crippen molar-refractivity contribution in [2.24, 2.45) is 5.73 Å². The summed E-state index contributed by atoms with van der Waals surface area (Å²) in [7, 11) is 0. The first-order chi connectivity index (χ1) is 4.20. The highest BCUT2D eigenvalue weighted by Crippen LogP contribution is 1.87. The SMILES string of the molecule is CCC(N)NC(O)CC. The normalized spacial score (nSPS) is 17.3. The van der Waals surface area contributed by atoms with Gasteiger partial charge in [0.25, 0.3) is 0 Å². The minimum absolute atomic E-state index is 0.0695. The molecule has 0 spiro atoms. The van der Waals surface area contributed by atoms with Crippen LogP contribution in [0.5, 0.6) is 0 Å². The minimum atomic E-state index is -0.444. The van der Waals surface area contributed by atoms with E-state index in [1.54, 1.807) is 0 Å². The van der Waals surface area contributed by atoms with Gasteiger partial charge in [-0.2, -0.15) is 0 Å². The second-order valence-corrected chi connectivity index (χ2v) is 2.11. The van der Waals surface area contributed by atoms with Gasteiger partial charge in [-0.1, -0.05) is 13.8 Å². The summed E-state index contributed by atoms with van der Waals surface area (Å²) in [5, 5.41) is 11.8. The Hall–Kier alpha value is -0.120. The van der Waals surface area contributed by atoms with E-state index in [0.717, 1.165) is 6.42 Å². The van der Waals surface area contributed by atoms with Crippen LogP contribution in [-0.2, 0) is 0 Å². The Kier molecular flexibility index (Phi) is 4.67. The molecule has 2 unspecified atom stereocenters. The van der Waals surface area contributed by atoms with E-state index in [9.17, 15) is 0 Å². The van der Waals surface area contributed by atoms with Gasteiger partial charge in [0.1, 0.15) is 6.23 Å². The van der Waals surface area contributed by atoms with Crippen molar-refractivity contribution in [2.45, 2.75) is 39.1 Å². The van der Waals surface area contributed by atoms with Crippen molar-refractivity contribution >= 4 is 0 Å². The number of aliphatic hydroxyl groups is 1. The molecule has 0 saturated heterocycles. The molecule has 2 atom stereocenters. The number of nitrogens with two attached hydrogens (primary N) is 1. The van der Waals surface area contributed by atoms with Crippen molar-refractivity contribution in [1.82, 2.24) is 5.32 Å². The van der Waals surface area contributed by atoms with E-state index in [1.807, 2.05) is 13.8 Å². The lowest BCUT2D eigenvalue weighted by Crippen LogP contribution is -2.43. The third kappa shape index (κ3) is 4.39. The molecule has 0 bridgehead atoms. The summed E-state index contributed by atoms with van der Waals surface area (Å²) >= 11 is 0. The summed E-state index contributed by atoms with van der Waals surface area (Å²) in [6, 6.07) is 0. The van der Waals surface area contributed by atoms with Gasteiger partial charge in [0.2, 0.25) is 0 Å². The van der Waals surface area contributed by atoms with E-state index < -0.39 is 6.23 Å². The van der Waals surface area contributed by atoms with Crippen molar-refractivity contribution in [1.29, 1.82) is 0 Å². The van der Waals surface area contributed by atoms with Crippen LogP contribution in [0.3, 0.4) is 0 Å². The van der Waals surface area contributed by atoms with Crippen LogP contribution in [0, 0.1) is 0 Å². The van der Waals surface area contributed by atoms with Crippen molar-refractivity contribution in [3.8, 4) is 0 Å². The number of hydrogen-bond donors (Lipinski definition) is 3. The second-order valence-electron chi connectivity index (χ2n) is 2.11. The molecule has 0 aliphatic heterocycles. The molecule has 0 fully saturated rings. The fourth-order valence-electron chi connectivity index (χ4n) is 0.483. The highest BCUT2D eigenvalue weighted by atomic mass is 16.3. The summed E-state index contributed by atoms with van der Waals surface area (Å²) in [6.45, 7) is 3.88. The zero-order valence-electron chi connectivity index (χ0n) is 6.09. The van der Waals surface area contributed by atoms with E-state index in [4.69, 9.17) is 10.8 Å². The number of nitrogens with one attached hydrogen (secondary N) is 1. The van der Waals surface area contributed by atoms with Crippen LogP contribution in [0.2, 0.25) is 0 Å². The zero-order valence-corrected chi connectivity index (χ0v) is 6.09. The summed E-state index contributed by atoms with van der Waals surface area (Å²) in [4.78, 5) is 0. The van der Waals surface area contributed by atoms with Crippen LogP contribution in [0.25, 0.3) is 0 Å². The molecule has 0 aromatic rings. The van der Waals surface area contributed by atoms with Crippen LogP contribution >= 0.6 is 0 Å². The van der Waals surface area contributed by atoms with Crippen LogP contribution < -0.4 is 11.1 Å². The highest BCUT2D eigenvalue weighted by molar-refractivity contribution is 4.57. The molecule has 0 radical (unpaired) electrons. The molecule has 9 heavy (non-hydrogen) atoms. The van der Waals surface area contributed by atoms with E-state index in [0.29, 0.717) is 6.42 Å². The van der Waals surface area contributed by atoms with Crippen molar-refractivity contribution in [2.75, 3.05) is 0 Å². The van der Waals surface area contributed by atoms with Crippen molar-refractivity contribution < 1.29 is 5.11 Å². The summed E-state index contributed by atoms with van der Waals surface area (Å²) < 4.78 is 0. The predicted molar refractivity (Wildman–Crippen MR) is 37.7 cm³/mol. The third-order valence-electron chi connectivity index (χ3n) is 1.23. The van der Waals surface area contributed by atoms with Gasteiger partial charge in [0.15, 0.2) is 0 Å². The molecule has 56 valence electrons. The summed E-state index contributed by atoms with van der Waals surface area (Å²) in [6.07, 6.45) is 1.03. The van der Waals surface area contributed by atoms with Crippen molar-refractivity contribution in [3.63, 3.8) is 0 Å². The average Bonchev–Trinajstić information content (AvgIpc) is 1.87. The number of rotatable bonds is 4. The molecule has 3 heteroatoms. The Morgan fingerprint density at radius 1 is 1.44 bits per heavy atom. The van der Waals surface area contributed by atoms with E-state index in [1.165, 1.54) is 0 Å². The predicted octanol–water partition coefficient (Wildman–Crippen LogP) is -0.000800. The minimum Gasteiger partial charge on any atom is -0.379 e. The average molecular weight is 132 g/mol. The third-order valence-corrected chi connectivity index (χ3v) is 1.23. The molecule has 0 aromatic heterocycles. The van der Waals surface area contributed by atoms with Gasteiger partial charge in [-0.3, -0.25) is 5.32 Å². The molecule has 0 heterocycles. The Morgan fingerprint density at radius 3 is 2.33 bits per heavy atom. The monoisotopic (exact) mass is 132 g/mol. The molecular weight excluding hydrogens is 116 g/mol. The molecule has 0 aromatic carbocycles. The standard InChI is InChI=1S/C6H16N2O/c1-3-5(7)8-6(9)4-2/h5-6,8-9H,3-4,7H2,1-2H3. The van der Waals surface area contributed by atoms with Crippen LogP contribution in [-0.4, -0.2) is 17.5 Å². The first kappa shape index (κ1) is 8.88. The lowest BCUT2D eigenvalue weighted by molar-refractivity contribution is 0.118. The van der Waals surface area contributed by atoms with Crippen LogP contribution in [0.15, 0.2) is 0 Å². The van der Waals surface area contributed by atoms with Gasteiger partial charge in [-0.05, 0) is 12.8 Å². The van der Waals surface area contributed by atoms with Gasteiger partial charge < -0.3 is 10.8 Å². The van der Waals surface area contributed by atoms with Crippen LogP contribution in [0.1, 0.15) is 26.7 Å². The molecule has 0 saturated carbocycles. The van der Waals surface area contributed by atoms with Crippen molar-refractivity contribution in [3.05, 3.63) is 0 Å². The Bertz CT molecular complexity index is 60.1. The lowest BCUT2D eigenvalue weighted by atomic mass is 10.3. The quantitative estimate of drug-likeness (QED) is 0.472.